The predicted octanol–water partition coefficient (Wildman–Crippen LogP) is 4.15. The van der Waals surface area contributed by atoms with Crippen molar-refractivity contribution in [2.24, 2.45) is 21.9 Å². The van der Waals surface area contributed by atoms with Gasteiger partial charge in [-0.25, -0.2) is 9.59 Å². The summed E-state index contributed by atoms with van der Waals surface area (Å²) in [7, 11) is 0. The molecule has 2 saturated carbocycles. The van der Waals surface area contributed by atoms with E-state index >= 15 is 0 Å². The average molecular weight is 339 g/mol. The zero-order valence-electron chi connectivity index (χ0n) is 14.7. The molecule has 2 fully saturated rings. The Bertz CT molecular complexity index is 956. The van der Waals surface area contributed by atoms with Crippen LogP contribution in [0.15, 0.2) is 44.7 Å². The molecule has 1 heterocycles. The van der Waals surface area contributed by atoms with Gasteiger partial charge < -0.3 is 9.25 Å². The molecule has 1 aromatic carbocycles. The SMILES string of the molecule is CC1(C)[C@@H]2CC[C@@]1(C)/C(=N\OC(=O)c1cc3ccccc3oc1=O)C2. The number of para-hydroxylation sites is 1. The number of oxime groups is 1. The Morgan fingerprint density at radius 2 is 2.04 bits per heavy atom. The molecule has 2 atom stereocenters. The topological polar surface area (TPSA) is 68.9 Å². The summed E-state index contributed by atoms with van der Waals surface area (Å²) >= 11 is 0. The Labute approximate surface area is 145 Å². The van der Waals surface area contributed by atoms with Crippen LogP contribution < -0.4 is 5.63 Å². The quantitative estimate of drug-likeness (QED) is 0.468. The molecule has 0 radical (unpaired) electrons. The van der Waals surface area contributed by atoms with Crippen molar-refractivity contribution in [2.45, 2.75) is 40.0 Å². The van der Waals surface area contributed by atoms with E-state index in [1.165, 1.54) is 12.5 Å². The first-order valence-electron chi connectivity index (χ1n) is 8.64. The van der Waals surface area contributed by atoms with Crippen molar-refractivity contribution in [1.29, 1.82) is 0 Å². The van der Waals surface area contributed by atoms with Gasteiger partial charge in [-0.2, -0.15) is 0 Å². The number of fused-ring (bicyclic) bond motifs is 3. The second-order valence-electron chi connectivity index (χ2n) is 7.90. The van der Waals surface area contributed by atoms with Crippen molar-refractivity contribution in [2.75, 3.05) is 0 Å². The molecule has 1 aromatic heterocycles. The van der Waals surface area contributed by atoms with Crippen LogP contribution in [-0.4, -0.2) is 11.7 Å². The molecule has 0 N–H and O–H groups in total. The fourth-order valence-corrected chi connectivity index (χ4v) is 4.42. The fraction of sp³-hybridized carbons (Fsp3) is 0.450. The van der Waals surface area contributed by atoms with Crippen LogP contribution >= 0.6 is 0 Å². The molecule has 2 bridgehead atoms. The van der Waals surface area contributed by atoms with Gasteiger partial charge in [-0.1, -0.05) is 44.1 Å². The smallest absolute Gasteiger partial charge is 0.373 e. The van der Waals surface area contributed by atoms with E-state index in [1.807, 2.05) is 6.07 Å². The number of hydrogen-bond acceptors (Lipinski definition) is 5. The van der Waals surface area contributed by atoms with Crippen LogP contribution in [0.25, 0.3) is 11.0 Å². The van der Waals surface area contributed by atoms with Gasteiger partial charge in [-0.15, -0.1) is 0 Å². The van der Waals surface area contributed by atoms with E-state index in [1.54, 1.807) is 18.2 Å². The standard InChI is InChI=1S/C20H21NO4/c1-19(2)13-8-9-20(19,3)16(11-13)21-25-18(23)14-10-12-6-4-5-7-15(12)24-17(14)22/h4-7,10,13H,8-9,11H2,1-3H3/b21-16-/t13-,20+/m1/s1. The highest BCUT2D eigenvalue weighted by Gasteiger charge is 2.60. The fourth-order valence-electron chi connectivity index (χ4n) is 4.42. The van der Waals surface area contributed by atoms with E-state index in [4.69, 9.17) is 9.25 Å². The second-order valence-corrected chi connectivity index (χ2v) is 7.90. The molecule has 0 spiro atoms. The van der Waals surface area contributed by atoms with E-state index < -0.39 is 11.6 Å². The van der Waals surface area contributed by atoms with E-state index in [9.17, 15) is 9.59 Å². The number of rotatable bonds is 2. The minimum atomic E-state index is -0.767. The summed E-state index contributed by atoms with van der Waals surface area (Å²) in [5, 5.41) is 4.83. The molecule has 2 aromatic rings. The molecule has 4 rings (SSSR count). The molecule has 5 nitrogen and oxygen atoms in total. The highest BCUT2D eigenvalue weighted by atomic mass is 16.7. The molecule has 0 aliphatic heterocycles. The van der Waals surface area contributed by atoms with Crippen molar-refractivity contribution in [1.82, 2.24) is 0 Å². The molecule has 2 aliphatic rings. The van der Waals surface area contributed by atoms with Crippen LogP contribution in [-0.2, 0) is 4.84 Å². The maximum atomic E-state index is 12.3. The molecular formula is C20H21NO4. The monoisotopic (exact) mass is 339 g/mol. The molecule has 0 unspecified atom stereocenters. The van der Waals surface area contributed by atoms with Crippen molar-refractivity contribution >= 4 is 22.7 Å². The van der Waals surface area contributed by atoms with Gasteiger partial charge in [0.2, 0.25) is 0 Å². The third kappa shape index (κ3) is 2.25. The lowest BCUT2D eigenvalue weighted by Gasteiger charge is -2.34. The molecular weight excluding hydrogens is 318 g/mol. The van der Waals surface area contributed by atoms with Crippen LogP contribution in [0.5, 0.6) is 0 Å². The second kappa shape index (κ2) is 5.28. The molecule has 2 aliphatic carbocycles. The largest absolute Gasteiger partial charge is 0.422 e. The Morgan fingerprint density at radius 3 is 2.72 bits per heavy atom. The van der Waals surface area contributed by atoms with Gasteiger partial charge in [0.25, 0.3) is 0 Å². The van der Waals surface area contributed by atoms with Gasteiger partial charge in [0, 0.05) is 10.8 Å². The van der Waals surface area contributed by atoms with Crippen LogP contribution in [0.3, 0.4) is 0 Å². The van der Waals surface area contributed by atoms with E-state index in [0.717, 1.165) is 18.6 Å². The minimum absolute atomic E-state index is 0.0496. The van der Waals surface area contributed by atoms with Crippen LogP contribution in [0.2, 0.25) is 0 Å². The van der Waals surface area contributed by atoms with Crippen LogP contribution in [0, 0.1) is 16.7 Å². The lowest BCUT2D eigenvalue weighted by Crippen LogP contribution is -2.32. The van der Waals surface area contributed by atoms with Gasteiger partial charge >= 0.3 is 11.6 Å². The van der Waals surface area contributed by atoms with Crippen molar-refractivity contribution in [3.05, 3.63) is 46.3 Å². The van der Waals surface area contributed by atoms with Crippen molar-refractivity contribution < 1.29 is 14.0 Å². The molecule has 0 amide bonds. The molecule has 25 heavy (non-hydrogen) atoms. The van der Waals surface area contributed by atoms with Gasteiger partial charge in [0.05, 0.1) is 5.71 Å². The van der Waals surface area contributed by atoms with Crippen molar-refractivity contribution in [3.8, 4) is 0 Å². The lowest BCUT2D eigenvalue weighted by atomic mass is 9.70. The minimum Gasteiger partial charge on any atom is -0.422 e. The van der Waals surface area contributed by atoms with E-state index in [0.29, 0.717) is 16.9 Å². The number of hydrogen-bond donors (Lipinski definition) is 0. The summed E-state index contributed by atoms with van der Waals surface area (Å²) in [6.45, 7) is 6.71. The Kier molecular flexibility index (Phi) is 3.39. The number of carbonyl (C=O) groups excluding carboxylic acids is 1. The van der Waals surface area contributed by atoms with E-state index in [-0.39, 0.29) is 16.4 Å². The third-order valence-electron chi connectivity index (χ3n) is 6.61. The van der Waals surface area contributed by atoms with Crippen LogP contribution in [0.1, 0.15) is 50.4 Å². The maximum absolute atomic E-state index is 12.3. The van der Waals surface area contributed by atoms with Gasteiger partial charge in [-0.05, 0) is 42.7 Å². The predicted molar refractivity (Wildman–Crippen MR) is 94.6 cm³/mol. The van der Waals surface area contributed by atoms with Crippen molar-refractivity contribution in [3.63, 3.8) is 0 Å². The zero-order chi connectivity index (χ0) is 17.8. The summed E-state index contributed by atoms with van der Waals surface area (Å²) < 4.78 is 5.18. The normalized spacial score (nSPS) is 28.6. The number of benzene rings is 1. The summed E-state index contributed by atoms with van der Waals surface area (Å²) in [6, 6.07) is 8.55. The van der Waals surface area contributed by atoms with Crippen LogP contribution in [0.4, 0.5) is 0 Å². The maximum Gasteiger partial charge on any atom is 0.373 e. The third-order valence-corrected chi connectivity index (χ3v) is 6.61. The first-order valence-corrected chi connectivity index (χ1v) is 8.64. The lowest BCUT2D eigenvalue weighted by molar-refractivity contribution is 0.0504. The number of carbonyl (C=O) groups is 1. The Balaban J connectivity index is 1.62. The Hall–Kier alpha value is -2.43. The molecule has 0 saturated heterocycles. The highest BCUT2D eigenvalue weighted by molar-refractivity contribution is 5.96. The first kappa shape index (κ1) is 16.1. The summed E-state index contributed by atoms with van der Waals surface area (Å²) in [6.07, 6.45) is 3.09. The van der Waals surface area contributed by atoms with Gasteiger partial charge in [0.15, 0.2) is 0 Å². The van der Waals surface area contributed by atoms with E-state index in [2.05, 4.69) is 25.9 Å². The summed E-state index contributed by atoms with van der Waals surface area (Å²) in [5.74, 6) is -0.197. The highest BCUT2D eigenvalue weighted by Crippen LogP contribution is 2.63. The van der Waals surface area contributed by atoms with Gasteiger partial charge in [0.1, 0.15) is 11.1 Å². The average Bonchev–Trinajstić information content (AvgIpc) is 2.92. The summed E-state index contributed by atoms with van der Waals surface area (Å²) in [4.78, 5) is 29.5. The van der Waals surface area contributed by atoms with Gasteiger partial charge in [-0.3, -0.25) is 0 Å². The Morgan fingerprint density at radius 1 is 1.28 bits per heavy atom. The number of nitrogens with zero attached hydrogens (tertiary/aromatic N) is 1. The first-order chi connectivity index (χ1) is 11.8. The molecule has 5 heteroatoms. The zero-order valence-corrected chi connectivity index (χ0v) is 14.7. The summed E-state index contributed by atoms with van der Waals surface area (Å²) in [5.41, 5.74) is 0.635. The molecule has 130 valence electrons.